The number of hydrogen-bond acceptors (Lipinski definition) is 3. The summed E-state index contributed by atoms with van der Waals surface area (Å²) >= 11 is 3.94. The molecule has 0 N–H and O–H groups in total. The van der Waals surface area contributed by atoms with Crippen LogP contribution >= 0.6 is 33.9 Å². The average Bonchev–Trinajstić information content (AvgIpc) is 2.87. The fourth-order valence-electron chi connectivity index (χ4n) is 2.50. The molecule has 0 radical (unpaired) electrons. The van der Waals surface area contributed by atoms with Crippen LogP contribution in [0.15, 0.2) is 60.7 Å². The maximum atomic E-state index is 13.1. The number of benzene rings is 2. The zero-order valence-electron chi connectivity index (χ0n) is 12.6. The molecule has 1 heterocycles. The van der Waals surface area contributed by atoms with E-state index in [1.54, 1.807) is 11.3 Å². The van der Waals surface area contributed by atoms with Crippen LogP contribution in [0.5, 0.6) is 0 Å². The van der Waals surface area contributed by atoms with Gasteiger partial charge < -0.3 is 0 Å². The molecule has 0 spiro atoms. The van der Waals surface area contributed by atoms with Crippen molar-refractivity contribution in [1.29, 1.82) is 0 Å². The van der Waals surface area contributed by atoms with Crippen LogP contribution in [0.25, 0.3) is 0 Å². The van der Waals surface area contributed by atoms with Gasteiger partial charge in [0.1, 0.15) is 0 Å². The second-order valence-corrected chi connectivity index (χ2v) is 9.72. The molecule has 0 aliphatic heterocycles. The predicted octanol–water partition coefficient (Wildman–Crippen LogP) is 5.09. The first-order valence-electron chi connectivity index (χ1n) is 7.24. The molecule has 0 aliphatic carbocycles. The maximum Gasteiger partial charge on any atom is 0.0909 e. The first-order chi connectivity index (χ1) is 11.1. The summed E-state index contributed by atoms with van der Waals surface area (Å²) in [4.78, 5) is 4.54. The molecular weight excluding hydrogens is 437 g/mol. The largest absolute Gasteiger partial charge is 0.258 e. The van der Waals surface area contributed by atoms with Gasteiger partial charge in [0, 0.05) is 10.8 Å². The Morgan fingerprint density at radius 2 is 1.57 bits per heavy atom. The molecule has 0 saturated carbocycles. The minimum absolute atomic E-state index is 0.129. The van der Waals surface area contributed by atoms with Gasteiger partial charge in [-0.1, -0.05) is 60.7 Å². The summed E-state index contributed by atoms with van der Waals surface area (Å²) in [6.07, 6.45) is 0. The number of hydrogen-bond donors (Lipinski definition) is 0. The Morgan fingerprint density at radius 3 is 2.00 bits per heavy atom. The van der Waals surface area contributed by atoms with Crippen molar-refractivity contribution >= 4 is 44.7 Å². The van der Waals surface area contributed by atoms with Crippen LogP contribution in [0.1, 0.15) is 27.1 Å². The summed E-state index contributed by atoms with van der Waals surface area (Å²) in [6.45, 7) is 1.99. The lowest BCUT2D eigenvalue weighted by Crippen LogP contribution is -2.11. The van der Waals surface area contributed by atoms with E-state index in [1.165, 1.54) is 0 Å². The standard InChI is InChI=1S/C18H16INOS2/c1-13-20-16(18(19)22-13)12-23(21)17(14-8-4-2-5-9-14)15-10-6-3-7-11-15/h2-11,17H,12H2,1H3. The summed E-state index contributed by atoms with van der Waals surface area (Å²) in [5, 5.41) is 0.896. The smallest absolute Gasteiger partial charge is 0.0909 e. The van der Waals surface area contributed by atoms with Crippen molar-refractivity contribution in [3.05, 3.63) is 85.4 Å². The first-order valence-corrected chi connectivity index (χ1v) is 10.5. The molecule has 3 rings (SSSR count). The monoisotopic (exact) mass is 453 g/mol. The SMILES string of the molecule is Cc1nc(CS(=O)C(c2ccccc2)c2ccccc2)c(I)s1. The molecule has 3 aromatic rings. The Kier molecular flexibility index (Phi) is 5.61. The van der Waals surface area contributed by atoms with Crippen molar-refractivity contribution in [2.75, 3.05) is 0 Å². The fraction of sp³-hybridized carbons (Fsp3) is 0.167. The molecule has 23 heavy (non-hydrogen) atoms. The van der Waals surface area contributed by atoms with E-state index in [9.17, 15) is 4.21 Å². The molecule has 0 fully saturated rings. The number of aromatic nitrogens is 1. The minimum atomic E-state index is -1.07. The van der Waals surface area contributed by atoms with E-state index in [1.807, 2.05) is 67.6 Å². The molecular formula is C18H16INOS2. The van der Waals surface area contributed by atoms with E-state index in [0.717, 1.165) is 24.7 Å². The van der Waals surface area contributed by atoms with E-state index in [-0.39, 0.29) is 5.25 Å². The molecule has 1 unspecified atom stereocenters. The highest BCUT2D eigenvalue weighted by Gasteiger charge is 2.23. The average molecular weight is 453 g/mol. The van der Waals surface area contributed by atoms with Crippen molar-refractivity contribution in [2.45, 2.75) is 17.9 Å². The third-order valence-electron chi connectivity index (χ3n) is 3.50. The van der Waals surface area contributed by atoms with Gasteiger partial charge in [0.2, 0.25) is 0 Å². The molecule has 2 aromatic carbocycles. The van der Waals surface area contributed by atoms with Crippen LogP contribution in [-0.2, 0) is 16.6 Å². The van der Waals surface area contributed by atoms with Crippen molar-refractivity contribution in [3.63, 3.8) is 0 Å². The predicted molar refractivity (Wildman–Crippen MR) is 106 cm³/mol. The number of rotatable bonds is 5. The number of nitrogens with zero attached hydrogens (tertiary/aromatic N) is 1. The normalized spacial score (nSPS) is 12.5. The third kappa shape index (κ3) is 4.08. The van der Waals surface area contributed by atoms with Crippen LogP contribution in [0, 0.1) is 9.81 Å². The molecule has 0 bridgehead atoms. The molecule has 1 aromatic heterocycles. The Morgan fingerprint density at radius 1 is 1.04 bits per heavy atom. The third-order valence-corrected chi connectivity index (χ3v) is 7.22. The maximum absolute atomic E-state index is 13.1. The number of halogens is 1. The van der Waals surface area contributed by atoms with Gasteiger partial charge in [0.25, 0.3) is 0 Å². The lowest BCUT2D eigenvalue weighted by atomic mass is 10.0. The Labute approximate surface area is 156 Å². The van der Waals surface area contributed by atoms with Crippen molar-refractivity contribution in [3.8, 4) is 0 Å². The highest BCUT2D eigenvalue weighted by atomic mass is 127. The molecule has 5 heteroatoms. The van der Waals surface area contributed by atoms with E-state index < -0.39 is 10.8 Å². The molecule has 0 saturated heterocycles. The number of thiazole rings is 1. The highest BCUT2D eigenvalue weighted by molar-refractivity contribution is 14.1. The van der Waals surface area contributed by atoms with E-state index >= 15 is 0 Å². The second kappa shape index (κ2) is 7.68. The van der Waals surface area contributed by atoms with Gasteiger partial charge in [-0.05, 0) is 40.6 Å². The van der Waals surface area contributed by atoms with Crippen LogP contribution in [-0.4, -0.2) is 9.19 Å². The Bertz CT molecular complexity index is 763. The molecule has 0 amide bonds. The topological polar surface area (TPSA) is 30.0 Å². The van der Waals surface area contributed by atoms with Gasteiger partial charge in [0.15, 0.2) is 0 Å². The summed E-state index contributed by atoms with van der Waals surface area (Å²) in [5.41, 5.74) is 3.11. The van der Waals surface area contributed by atoms with Gasteiger partial charge in [-0.2, -0.15) is 0 Å². The zero-order valence-corrected chi connectivity index (χ0v) is 16.4. The summed E-state index contributed by atoms with van der Waals surface area (Å²) in [5.74, 6) is 0.483. The fourth-order valence-corrected chi connectivity index (χ4v) is 6.34. The van der Waals surface area contributed by atoms with Crippen molar-refractivity contribution < 1.29 is 4.21 Å². The van der Waals surface area contributed by atoms with Crippen LogP contribution < -0.4 is 0 Å². The van der Waals surface area contributed by atoms with Gasteiger partial charge in [-0.3, -0.25) is 4.21 Å². The first kappa shape index (κ1) is 16.8. The van der Waals surface area contributed by atoms with Gasteiger partial charge in [0.05, 0.1) is 24.6 Å². The summed E-state index contributed by atoms with van der Waals surface area (Å²) in [7, 11) is -1.07. The molecule has 0 aliphatic rings. The summed E-state index contributed by atoms with van der Waals surface area (Å²) in [6, 6.07) is 20.2. The van der Waals surface area contributed by atoms with Crippen molar-refractivity contribution in [2.24, 2.45) is 0 Å². The van der Waals surface area contributed by atoms with Crippen LogP contribution in [0.4, 0.5) is 0 Å². The van der Waals surface area contributed by atoms with Gasteiger partial charge in [-0.25, -0.2) is 4.98 Å². The lowest BCUT2D eigenvalue weighted by Gasteiger charge is -2.17. The zero-order chi connectivity index (χ0) is 16.2. The summed E-state index contributed by atoms with van der Waals surface area (Å²) < 4.78 is 14.3. The van der Waals surface area contributed by atoms with Crippen LogP contribution in [0.3, 0.4) is 0 Å². The minimum Gasteiger partial charge on any atom is -0.258 e. The lowest BCUT2D eigenvalue weighted by molar-refractivity contribution is 0.677. The van der Waals surface area contributed by atoms with E-state index in [2.05, 4.69) is 27.6 Å². The molecule has 118 valence electrons. The Hall–Kier alpha value is -1.05. The van der Waals surface area contributed by atoms with Gasteiger partial charge in [-0.15, -0.1) is 11.3 Å². The van der Waals surface area contributed by atoms with Gasteiger partial charge >= 0.3 is 0 Å². The highest BCUT2D eigenvalue weighted by Crippen LogP contribution is 2.31. The van der Waals surface area contributed by atoms with Crippen LogP contribution in [0.2, 0.25) is 0 Å². The Balaban J connectivity index is 1.95. The van der Waals surface area contributed by atoms with E-state index in [0.29, 0.717) is 5.75 Å². The molecule has 1 atom stereocenters. The van der Waals surface area contributed by atoms with Crippen molar-refractivity contribution in [1.82, 2.24) is 4.98 Å². The second-order valence-electron chi connectivity index (χ2n) is 5.18. The quantitative estimate of drug-likeness (QED) is 0.504. The molecule has 2 nitrogen and oxygen atoms in total. The van der Waals surface area contributed by atoms with E-state index in [4.69, 9.17) is 0 Å². The number of aryl methyl sites for hydroxylation is 1.